The highest BCUT2D eigenvalue weighted by atomic mass is 35.5. The molecule has 13 heteroatoms. The first kappa shape index (κ1) is 33.2. The van der Waals surface area contributed by atoms with Crippen molar-refractivity contribution >= 4 is 46.4 Å². The Morgan fingerprint density at radius 3 is 2.54 bits per heavy atom. The van der Waals surface area contributed by atoms with Crippen molar-refractivity contribution in [3.8, 4) is 11.3 Å². The topological polar surface area (TPSA) is 116 Å². The molecule has 244 valence electrons. The van der Waals surface area contributed by atoms with Crippen LogP contribution in [0.4, 0.5) is 26.4 Å². The van der Waals surface area contributed by atoms with Gasteiger partial charge in [0.25, 0.3) is 0 Å². The van der Waals surface area contributed by atoms with Crippen LogP contribution in [0.3, 0.4) is 0 Å². The predicted molar refractivity (Wildman–Crippen MR) is 178 cm³/mol. The minimum absolute atomic E-state index is 0.115. The van der Waals surface area contributed by atoms with Gasteiger partial charge < -0.3 is 30.1 Å². The quantitative estimate of drug-likeness (QED) is 0.318. The number of hydrogen-bond donors (Lipinski definition) is 2. The molecule has 11 nitrogen and oxygen atoms in total. The van der Waals surface area contributed by atoms with Crippen LogP contribution < -0.4 is 10.6 Å². The number of ether oxygens (including phenoxy) is 1. The summed E-state index contributed by atoms with van der Waals surface area (Å²) in [4.78, 5) is 35.9. The van der Waals surface area contributed by atoms with Gasteiger partial charge in [0.2, 0.25) is 5.91 Å². The van der Waals surface area contributed by atoms with Gasteiger partial charge in [0.05, 0.1) is 11.4 Å². The lowest BCUT2D eigenvalue weighted by atomic mass is 10.0. The zero-order chi connectivity index (χ0) is 32.8. The summed E-state index contributed by atoms with van der Waals surface area (Å²) in [5, 5.41) is 15.5. The Morgan fingerprint density at radius 1 is 1.04 bits per heavy atom. The van der Waals surface area contributed by atoms with Crippen molar-refractivity contribution in [2.45, 2.75) is 39.2 Å². The number of rotatable bonds is 8. The van der Waals surface area contributed by atoms with Gasteiger partial charge in [0.1, 0.15) is 22.9 Å². The fraction of sp³-hybridized carbons (Fsp3) is 0.424. The van der Waals surface area contributed by atoms with Crippen molar-refractivity contribution in [2.75, 3.05) is 63.5 Å². The van der Waals surface area contributed by atoms with Gasteiger partial charge in [-0.3, -0.25) is 4.79 Å². The van der Waals surface area contributed by atoms with Crippen LogP contribution in [0.5, 0.6) is 0 Å². The fourth-order valence-corrected chi connectivity index (χ4v) is 5.37. The summed E-state index contributed by atoms with van der Waals surface area (Å²) in [5.74, 6) is -0.189. The lowest BCUT2D eigenvalue weighted by Gasteiger charge is -2.32. The van der Waals surface area contributed by atoms with Gasteiger partial charge in [-0.05, 0) is 70.1 Å². The molecule has 3 aromatic rings. The largest absolute Gasteiger partial charge is 0.444 e. The number of anilines is 3. The first-order chi connectivity index (χ1) is 21.9. The third kappa shape index (κ3) is 8.99. The number of halogens is 2. The highest BCUT2D eigenvalue weighted by Gasteiger charge is 2.26. The Kier molecular flexibility index (Phi) is 10.5. The number of nitrogens with one attached hydrogen (secondary N) is 2. The summed E-state index contributed by atoms with van der Waals surface area (Å²) in [6.45, 7) is 10.8. The van der Waals surface area contributed by atoms with Crippen LogP contribution in [0, 0.1) is 5.82 Å². The minimum Gasteiger partial charge on any atom is -0.444 e. The van der Waals surface area contributed by atoms with Crippen molar-refractivity contribution in [3.63, 3.8) is 0 Å². The van der Waals surface area contributed by atoms with E-state index in [4.69, 9.17) is 16.3 Å². The molecule has 46 heavy (non-hydrogen) atoms. The summed E-state index contributed by atoms with van der Waals surface area (Å²) < 4.78 is 20.3. The van der Waals surface area contributed by atoms with E-state index < -0.39 is 11.4 Å². The highest BCUT2D eigenvalue weighted by Crippen LogP contribution is 2.33. The standard InChI is InChI=1S/C33H40ClFN8O3/c1-33(2,3)46-32(45)43-13-8-22(9-14-43)31-28(21-27(39-40-31)25-19-23(34)5-6-26(25)35)37-24-7-11-36-29(20-24)38-30(44)10-12-42-17-15-41(4)16-18-42/h5-8,11,19-21H,9-10,12-18H2,1-4H3,(H2,36,37,38,39,44). The van der Waals surface area contributed by atoms with E-state index in [1.54, 1.807) is 29.3 Å². The number of piperazine rings is 1. The van der Waals surface area contributed by atoms with Crippen molar-refractivity contribution in [2.24, 2.45) is 0 Å². The molecule has 0 unspecified atom stereocenters. The number of likely N-dealkylation sites (N-methyl/N-ethyl adjacent to an activating group) is 1. The van der Waals surface area contributed by atoms with Gasteiger partial charge in [-0.25, -0.2) is 14.2 Å². The number of carbonyl (C=O) groups excluding carboxylic acids is 2. The number of pyridine rings is 1. The molecule has 2 amide bonds. The molecule has 0 saturated carbocycles. The summed E-state index contributed by atoms with van der Waals surface area (Å²) in [6.07, 6.45) is 4.01. The molecule has 0 bridgehead atoms. The molecule has 2 aliphatic rings. The molecule has 0 aliphatic carbocycles. The van der Waals surface area contributed by atoms with E-state index in [2.05, 4.69) is 42.7 Å². The second-order valence-corrected chi connectivity index (χ2v) is 13.0. The molecular formula is C33H40ClFN8O3. The molecule has 4 heterocycles. The molecule has 2 aromatic heterocycles. The second-order valence-electron chi connectivity index (χ2n) is 12.5. The number of amides is 2. The summed E-state index contributed by atoms with van der Waals surface area (Å²) in [7, 11) is 2.10. The zero-order valence-corrected chi connectivity index (χ0v) is 27.4. The molecule has 1 saturated heterocycles. The fourth-order valence-electron chi connectivity index (χ4n) is 5.19. The number of aromatic nitrogens is 3. The van der Waals surface area contributed by atoms with E-state index in [0.717, 1.165) is 31.8 Å². The highest BCUT2D eigenvalue weighted by molar-refractivity contribution is 6.30. The number of hydrogen-bond acceptors (Lipinski definition) is 9. The van der Waals surface area contributed by atoms with Crippen LogP contribution in [0.25, 0.3) is 16.8 Å². The lowest BCUT2D eigenvalue weighted by molar-refractivity contribution is -0.116. The molecule has 0 radical (unpaired) electrons. The van der Waals surface area contributed by atoms with E-state index in [-0.39, 0.29) is 17.6 Å². The SMILES string of the molecule is CN1CCN(CCC(=O)Nc2cc(Nc3cc(-c4cc(Cl)ccc4F)nnc3C3=CCN(C(=O)OC(C)(C)C)CC3)ccn2)CC1. The first-order valence-electron chi connectivity index (χ1n) is 15.4. The van der Waals surface area contributed by atoms with E-state index >= 15 is 0 Å². The van der Waals surface area contributed by atoms with Crippen LogP contribution in [0.15, 0.2) is 48.7 Å². The summed E-state index contributed by atoms with van der Waals surface area (Å²) in [5.41, 5.74) is 2.56. The van der Waals surface area contributed by atoms with Crippen LogP contribution >= 0.6 is 11.6 Å². The van der Waals surface area contributed by atoms with E-state index in [0.29, 0.717) is 66.1 Å². The summed E-state index contributed by atoms with van der Waals surface area (Å²) in [6, 6.07) is 9.48. The smallest absolute Gasteiger partial charge is 0.410 e. The molecule has 2 aliphatic heterocycles. The van der Waals surface area contributed by atoms with Gasteiger partial charge >= 0.3 is 6.09 Å². The van der Waals surface area contributed by atoms with Crippen molar-refractivity contribution in [1.29, 1.82) is 0 Å². The third-order valence-corrected chi connectivity index (χ3v) is 7.96. The van der Waals surface area contributed by atoms with Crippen LogP contribution in [0.1, 0.15) is 39.3 Å². The van der Waals surface area contributed by atoms with Gasteiger partial charge in [-0.15, -0.1) is 10.2 Å². The minimum atomic E-state index is -0.595. The second kappa shape index (κ2) is 14.5. The molecular weight excluding hydrogens is 611 g/mol. The Balaban J connectivity index is 1.35. The van der Waals surface area contributed by atoms with Crippen LogP contribution in [-0.4, -0.2) is 100 Å². The van der Waals surface area contributed by atoms with E-state index in [1.165, 1.54) is 18.2 Å². The molecule has 1 aromatic carbocycles. The number of benzene rings is 1. The third-order valence-electron chi connectivity index (χ3n) is 7.72. The average molecular weight is 651 g/mol. The first-order valence-corrected chi connectivity index (χ1v) is 15.8. The normalized spacial score (nSPS) is 16.1. The van der Waals surface area contributed by atoms with Crippen LogP contribution in [0.2, 0.25) is 5.02 Å². The number of nitrogens with zero attached hydrogens (tertiary/aromatic N) is 6. The Labute approximate surface area is 273 Å². The maximum atomic E-state index is 14.8. The van der Waals surface area contributed by atoms with Gasteiger partial charge in [-0.1, -0.05) is 17.7 Å². The maximum Gasteiger partial charge on any atom is 0.410 e. The van der Waals surface area contributed by atoms with Gasteiger partial charge in [0, 0.05) is 80.8 Å². The molecule has 5 rings (SSSR count). The molecule has 1 fully saturated rings. The van der Waals surface area contributed by atoms with E-state index in [9.17, 15) is 14.0 Å². The Bertz CT molecular complexity index is 1600. The predicted octanol–water partition coefficient (Wildman–Crippen LogP) is 5.67. The Hall–Kier alpha value is -4.13. The van der Waals surface area contributed by atoms with Crippen LogP contribution in [-0.2, 0) is 9.53 Å². The molecule has 0 atom stereocenters. The monoisotopic (exact) mass is 650 g/mol. The average Bonchev–Trinajstić information content (AvgIpc) is 3.01. The van der Waals surface area contributed by atoms with Crippen molar-refractivity contribution in [1.82, 2.24) is 29.9 Å². The van der Waals surface area contributed by atoms with Crippen molar-refractivity contribution in [3.05, 3.63) is 65.2 Å². The Morgan fingerprint density at radius 2 is 1.83 bits per heavy atom. The lowest BCUT2D eigenvalue weighted by Crippen LogP contribution is -2.45. The summed E-state index contributed by atoms with van der Waals surface area (Å²) >= 11 is 6.17. The van der Waals surface area contributed by atoms with Gasteiger partial charge in [0.15, 0.2) is 0 Å². The zero-order valence-electron chi connectivity index (χ0n) is 26.6. The maximum absolute atomic E-state index is 14.8. The number of carbonyl (C=O) groups is 2. The molecule has 2 N–H and O–H groups in total. The molecule has 0 spiro atoms. The van der Waals surface area contributed by atoms with Crippen molar-refractivity contribution < 1.29 is 18.7 Å². The van der Waals surface area contributed by atoms with Gasteiger partial charge in [-0.2, -0.15) is 0 Å². The van der Waals surface area contributed by atoms with E-state index in [1.807, 2.05) is 26.8 Å².